The molecule has 0 bridgehead atoms. The van der Waals surface area contributed by atoms with Crippen molar-refractivity contribution >= 4 is 11.8 Å². The molecule has 0 aromatic rings. The van der Waals surface area contributed by atoms with E-state index in [0.717, 1.165) is 0 Å². The molecule has 86 valence electrons. The first-order valence-corrected chi connectivity index (χ1v) is 4.39. The van der Waals surface area contributed by atoms with Crippen molar-refractivity contribution in [1.82, 2.24) is 10.2 Å². The van der Waals surface area contributed by atoms with Gasteiger partial charge in [-0.2, -0.15) is 13.2 Å². The van der Waals surface area contributed by atoms with Gasteiger partial charge in [0.15, 0.2) is 0 Å². The summed E-state index contributed by atoms with van der Waals surface area (Å²) in [6.07, 6.45) is -4.45. The lowest BCUT2D eigenvalue weighted by molar-refractivity contribution is -0.157. The molecule has 1 atom stereocenters. The van der Waals surface area contributed by atoms with E-state index in [-0.39, 0.29) is 18.9 Å². The zero-order chi connectivity index (χ0) is 11.6. The zero-order valence-corrected chi connectivity index (χ0v) is 8.10. The number of amides is 2. The van der Waals surface area contributed by atoms with Crippen LogP contribution in [0, 0.1) is 0 Å². The van der Waals surface area contributed by atoms with Gasteiger partial charge in [0.05, 0.1) is 6.04 Å². The molecule has 0 saturated carbocycles. The van der Waals surface area contributed by atoms with E-state index in [0.29, 0.717) is 4.90 Å². The summed E-state index contributed by atoms with van der Waals surface area (Å²) in [5.41, 5.74) is 0. The third kappa shape index (κ3) is 3.77. The number of likely N-dealkylation sites (tertiary alicyclic amines) is 1. The molecule has 1 fully saturated rings. The maximum atomic E-state index is 12.0. The van der Waals surface area contributed by atoms with Gasteiger partial charge < -0.3 is 10.2 Å². The highest BCUT2D eigenvalue weighted by atomic mass is 19.4. The largest absolute Gasteiger partial charge is 0.406 e. The number of carbonyl (C=O) groups is 2. The van der Waals surface area contributed by atoms with Crippen molar-refractivity contribution in [2.45, 2.75) is 25.6 Å². The monoisotopic (exact) mass is 224 g/mol. The third-order valence-corrected chi connectivity index (χ3v) is 1.99. The molecule has 0 aromatic heterocycles. The van der Waals surface area contributed by atoms with E-state index in [9.17, 15) is 22.8 Å². The summed E-state index contributed by atoms with van der Waals surface area (Å²) in [6, 6.07) is -0.502. The molecule has 0 aliphatic carbocycles. The highest BCUT2D eigenvalue weighted by Crippen LogP contribution is 2.20. The first-order chi connectivity index (χ1) is 6.78. The van der Waals surface area contributed by atoms with Gasteiger partial charge in [0, 0.05) is 19.9 Å². The summed E-state index contributed by atoms with van der Waals surface area (Å²) >= 11 is 0. The van der Waals surface area contributed by atoms with Gasteiger partial charge in [-0.05, 0) is 0 Å². The van der Waals surface area contributed by atoms with Crippen molar-refractivity contribution in [3.05, 3.63) is 0 Å². The van der Waals surface area contributed by atoms with Crippen molar-refractivity contribution in [1.29, 1.82) is 0 Å². The predicted octanol–water partition coefficient (Wildman–Crippen LogP) is 0.286. The van der Waals surface area contributed by atoms with E-state index in [4.69, 9.17) is 0 Å². The van der Waals surface area contributed by atoms with Gasteiger partial charge in [-0.1, -0.05) is 0 Å². The fourth-order valence-corrected chi connectivity index (χ4v) is 1.53. The molecular formula is C8H11F3N2O2. The molecule has 2 amide bonds. The van der Waals surface area contributed by atoms with Gasteiger partial charge in [0.1, 0.15) is 6.54 Å². The maximum Gasteiger partial charge on any atom is 0.406 e. The Morgan fingerprint density at radius 2 is 2.20 bits per heavy atom. The number of hydrogen-bond acceptors (Lipinski definition) is 2. The molecule has 4 nitrogen and oxygen atoms in total. The number of nitrogens with zero attached hydrogens (tertiary/aromatic N) is 1. The Hall–Kier alpha value is -1.27. The molecule has 1 rings (SSSR count). The molecule has 1 aliphatic rings. The summed E-state index contributed by atoms with van der Waals surface area (Å²) in [5, 5.41) is 2.42. The second-order valence-electron chi connectivity index (χ2n) is 3.49. The Balaban J connectivity index is 2.50. The SMILES string of the molecule is CC(=O)N[C@@H]1CC(=O)N(CC(F)(F)F)C1. The van der Waals surface area contributed by atoms with Crippen molar-refractivity contribution in [3.63, 3.8) is 0 Å². The van der Waals surface area contributed by atoms with Crippen molar-refractivity contribution in [2.24, 2.45) is 0 Å². The van der Waals surface area contributed by atoms with E-state index in [2.05, 4.69) is 5.32 Å². The van der Waals surface area contributed by atoms with E-state index in [1.54, 1.807) is 0 Å². The summed E-state index contributed by atoms with van der Waals surface area (Å²) in [6.45, 7) is -0.0588. The Morgan fingerprint density at radius 1 is 1.60 bits per heavy atom. The second-order valence-corrected chi connectivity index (χ2v) is 3.49. The first kappa shape index (κ1) is 11.8. The quantitative estimate of drug-likeness (QED) is 0.732. The molecule has 0 radical (unpaired) electrons. The van der Waals surface area contributed by atoms with Crippen LogP contribution in [0.1, 0.15) is 13.3 Å². The molecule has 15 heavy (non-hydrogen) atoms. The number of rotatable bonds is 2. The molecular weight excluding hydrogens is 213 g/mol. The predicted molar refractivity (Wildman–Crippen MR) is 44.9 cm³/mol. The molecule has 1 N–H and O–H groups in total. The van der Waals surface area contributed by atoms with Gasteiger partial charge in [-0.15, -0.1) is 0 Å². The van der Waals surface area contributed by atoms with Crippen molar-refractivity contribution in [3.8, 4) is 0 Å². The Kier molecular flexibility index (Phi) is 3.21. The number of halogens is 3. The number of hydrogen-bond donors (Lipinski definition) is 1. The lowest BCUT2D eigenvalue weighted by atomic mass is 10.2. The molecule has 0 aromatic carbocycles. The average molecular weight is 224 g/mol. The topological polar surface area (TPSA) is 49.4 Å². The van der Waals surface area contributed by atoms with Crippen LogP contribution in [0.2, 0.25) is 0 Å². The van der Waals surface area contributed by atoms with Crippen LogP contribution in [0.3, 0.4) is 0 Å². The van der Waals surface area contributed by atoms with E-state index >= 15 is 0 Å². The Labute approximate surface area is 84.4 Å². The number of carbonyl (C=O) groups excluding carboxylic acids is 2. The van der Waals surface area contributed by atoms with Crippen LogP contribution in [-0.4, -0.2) is 42.0 Å². The summed E-state index contributed by atoms with van der Waals surface area (Å²) in [5.74, 6) is -0.923. The first-order valence-electron chi connectivity index (χ1n) is 4.39. The normalized spacial score (nSPS) is 22.0. The maximum absolute atomic E-state index is 12.0. The van der Waals surface area contributed by atoms with E-state index in [1.165, 1.54) is 6.92 Å². The van der Waals surface area contributed by atoms with Crippen LogP contribution in [-0.2, 0) is 9.59 Å². The van der Waals surface area contributed by atoms with Gasteiger partial charge in [0.25, 0.3) is 0 Å². The molecule has 0 unspecified atom stereocenters. The van der Waals surface area contributed by atoms with Crippen LogP contribution in [0.4, 0.5) is 13.2 Å². The highest BCUT2D eigenvalue weighted by molar-refractivity contribution is 5.81. The fourth-order valence-electron chi connectivity index (χ4n) is 1.53. The molecule has 0 spiro atoms. The van der Waals surface area contributed by atoms with Crippen LogP contribution in [0.15, 0.2) is 0 Å². The standard InChI is InChI=1S/C8H11F3N2O2/c1-5(14)12-6-2-7(15)13(3-6)4-8(9,10)11/h6H,2-4H2,1H3,(H,12,14)/t6-/m1/s1. The summed E-state index contributed by atoms with van der Waals surface area (Å²) < 4.78 is 36.0. The fraction of sp³-hybridized carbons (Fsp3) is 0.750. The van der Waals surface area contributed by atoms with Crippen LogP contribution in [0.25, 0.3) is 0 Å². The average Bonchev–Trinajstić information content (AvgIpc) is 2.26. The van der Waals surface area contributed by atoms with Gasteiger partial charge in [-0.25, -0.2) is 0 Å². The smallest absolute Gasteiger partial charge is 0.351 e. The van der Waals surface area contributed by atoms with E-state index < -0.39 is 24.7 Å². The molecule has 1 heterocycles. The highest BCUT2D eigenvalue weighted by Gasteiger charge is 2.38. The molecule has 1 saturated heterocycles. The minimum absolute atomic E-state index is 0.0599. The van der Waals surface area contributed by atoms with Crippen LogP contribution in [0.5, 0.6) is 0 Å². The lowest BCUT2D eigenvalue weighted by Crippen LogP contribution is -2.39. The Bertz CT molecular complexity index is 278. The van der Waals surface area contributed by atoms with E-state index in [1.807, 2.05) is 0 Å². The number of alkyl halides is 3. The zero-order valence-electron chi connectivity index (χ0n) is 8.10. The molecule has 7 heteroatoms. The van der Waals surface area contributed by atoms with Gasteiger partial charge in [-0.3, -0.25) is 9.59 Å². The third-order valence-electron chi connectivity index (χ3n) is 1.99. The minimum atomic E-state index is -4.39. The lowest BCUT2D eigenvalue weighted by Gasteiger charge is -2.18. The second kappa shape index (κ2) is 4.08. The Morgan fingerprint density at radius 3 is 2.67 bits per heavy atom. The van der Waals surface area contributed by atoms with Gasteiger partial charge in [0.2, 0.25) is 11.8 Å². The van der Waals surface area contributed by atoms with Crippen LogP contribution >= 0.6 is 0 Å². The number of nitrogens with one attached hydrogen (secondary N) is 1. The minimum Gasteiger partial charge on any atom is -0.351 e. The van der Waals surface area contributed by atoms with Crippen molar-refractivity contribution < 1.29 is 22.8 Å². The van der Waals surface area contributed by atoms with Crippen molar-refractivity contribution in [2.75, 3.05) is 13.1 Å². The van der Waals surface area contributed by atoms with Gasteiger partial charge >= 0.3 is 6.18 Å². The summed E-state index contributed by atoms with van der Waals surface area (Å²) in [4.78, 5) is 22.5. The molecule has 1 aliphatic heterocycles. The van der Waals surface area contributed by atoms with Crippen LogP contribution < -0.4 is 5.32 Å². The summed E-state index contributed by atoms with van der Waals surface area (Å²) in [7, 11) is 0.